The number of ether oxygens (including phenoxy) is 1. The number of carbonyl (C=O) groups excluding carboxylic acids is 1. The fraction of sp³-hybridized carbons (Fsp3) is 0.458. The monoisotopic (exact) mass is 406 g/mol. The Bertz CT molecular complexity index is 1070. The van der Waals surface area contributed by atoms with Crippen LogP contribution in [0.25, 0.3) is 11.0 Å². The zero-order chi connectivity index (χ0) is 21.3. The highest BCUT2D eigenvalue weighted by atomic mass is 16.5. The predicted octanol–water partition coefficient (Wildman–Crippen LogP) is 4.22. The van der Waals surface area contributed by atoms with Gasteiger partial charge in [0.1, 0.15) is 5.75 Å². The second-order valence-electron chi connectivity index (χ2n) is 8.26. The summed E-state index contributed by atoms with van der Waals surface area (Å²) in [7, 11) is 3.58. The molecule has 1 atom stereocenters. The number of benzene rings is 1. The number of amides is 1. The van der Waals surface area contributed by atoms with Crippen molar-refractivity contribution >= 4 is 16.9 Å². The Kier molecular flexibility index (Phi) is 5.75. The molecule has 30 heavy (non-hydrogen) atoms. The van der Waals surface area contributed by atoms with Crippen LogP contribution in [-0.2, 0) is 13.5 Å². The van der Waals surface area contributed by atoms with Crippen molar-refractivity contribution in [1.29, 1.82) is 0 Å². The van der Waals surface area contributed by atoms with Crippen molar-refractivity contribution in [3.8, 4) is 5.75 Å². The van der Waals surface area contributed by atoms with Gasteiger partial charge in [0, 0.05) is 25.3 Å². The predicted molar refractivity (Wildman–Crippen MR) is 118 cm³/mol. The molecule has 0 unspecified atom stereocenters. The molecule has 1 aliphatic heterocycles. The lowest BCUT2D eigenvalue weighted by atomic mass is 9.94. The number of methoxy groups -OCH3 is 1. The first-order valence-electron chi connectivity index (χ1n) is 10.7. The topological polar surface area (TPSA) is 60.2 Å². The molecule has 6 heteroatoms. The van der Waals surface area contributed by atoms with E-state index in [4.69, 9.17) is 4.74 Å². The molecule has 2 aromatic heterocycles. The van der Waals surface area contributed by atoms with Gasteiger partial charge in [-0.05, 0) is 69.7 Å². The summed E-state index contributed by atoms with van der Waals surface area (Å²) < 4.78 is 7.12. The molecule has 0 N–H and O–H groups in total. The number of piperidine rings is 1. The molecule has 0 saturated carbocycles. The minimum Gasteiger partial charge on any atom is -0.497 e. The lowest BCUT2D eigenvalue weighted by Gasteiger charge is -2.36. The molecule has 1 aromatic carbocycles. The largest absolute Gasteiger partial charge is 0.497 e. The fourth-order valence-corrected chi connectivity index (χ4v) is 4.62. The van der Waals surface area contributed by atoms with Gasteiger partial charge in [-0.1, -0.05) is 12.1 Å². The van der Waals surface area contributed by atoms with Gasteiger partial charge in [0.25, 0.3) is 5.91 Å². The second-order valence-corrected chi connectivity index (χ2v) is 8.26. The highest BCUT2D eigenvalue weighted by Crippen LogP contribution is 2.28. The summed E-state index contributed by atoms with van der Waals surface area (Å²) in [6.07, 6.45) is 5.17. The average molecular weight is 407 g/mol. The van der Waals surface area contributed by atoms with Crippen molar-refractivity contribution in [3.63, 3.8) is 0 Å². The number of fused-ring (bicyclic) bond motifs is 1. The molecule has 3 aromatic rings. The molecule has 1 saturated heterocycles. The third kappa shape index (κ3) is 3.91. The van der Waals surface area contributed by atoms with Crippen molar-refractivity contribution in [3.05, 3.63) is 52.8 Å². The highest BCUT2D eigenvalue weighted by molar-refractivity contribution is 6.06. The van der Waals surface area contributed by atoms with Gasteiger partial charge < -0.3 is 9.64 Å². The minimum atomic E-state index is 0.108. The third-order valence-electron chi connectivity index (χ3n) is 6.12. The maximum atomic E-state index is 13.7. The zero-order valence-electron chi connectivity index (χ0n) is 18.3. The lowest BCUT2D eigenvalue weighted by molar-refractivity contribution is 0.0603. The van der Waals surface area contributed by atoms with Crippen LogP contribution in [0.1, 0.15) is 53.0 Å². The molecule has 1 amide bonds. The number of aromatic nitrogens is 3. The Morgan fingerprint density at radius 3 is 2.87 bits per heavy atom. The van der Waals surface area contributed by atoms with Gasteiger partial charge in [-0.25, -0.2) is 4.98 Å². The van der Waals surface area contributed by atoms with Crippen LogP contribution in [0.2, 0.25) is 0 Å². The molecule has 1 aliphatic rings. The molecule has 6 nitrogen and oxygen atoms in total. The molecular weight excluding hydrogens is 376 g/mol. The Morgan fingerprint density at radius 2 is 2.07 bits per heavy atom. The fourth-order valence-electron chi connectivity index (χ4n) is 4.62. The van der Waals surface area contributed by atoms with Crippen LogP contribution < -0.4 is 4.74 Å². The van der Waals surface area contributed by atoms with Gasteiger partial charge >= 0.3 is 0 Å². The van der Waals surface area contributed by atoms with E-state index in [1.807, 2.05) is 39.1 Å². The van der Waals surface area contributed by atoms with Gasteiger partial charge in [-0.3, -0.25) is 9.48 Å². The summed E-state index contributed by atoms with van der Waals surface area (Å²) in [4.78, 5) is 20.4. The van der Waals surface area contributed by atoms with Crippen LogP contribution in [0.15, 0.2) is 30.3 Å². The lowest BCUT2D eigenvalue weighted by Crippen LogP contribution is -2.44. The summed E-state index contributed by atoms with van der Waals surface area (Å²) in [5, 5.41) is 5.38. The Hall–Kier alpha value is -2.89. The van der Waals surface area contributed by atoms with E-state index in [2.05, 4.69) is 27.1 Å². The average Bonchev–Trinajstić information content (AvgIpc) is 3.04. The van der Waals surface area contributed by atoms with E-state index in [0.717, 1.165) is 66.0 Å². The smallest absolute Gasteiger partial charge is 0.254 e. The van der Waals surface area contributed by atoms with Crippen LogP contribution in [-0.4, -0.2) is 45.3 Å². The molecule has 1 fully saturated rings. The second kappa shape index (κ2) is 8.46. The van der Waals surface area contributed by atoms with Crippen LogP contribution in [0, 0.1) is 13.8 Å². The van der Waals surface area contributed by atoms with E-state index in [-0.39, 0.29) is 11.9 Å². The van der Waals surface area contributed by atoms with Gasteiger partial charge in [0.15, 0.2) is 5.65 Å². The van der Waals surface area contributed by atoms with Crippen molar-refractivity contribution in [2.45, 2.75) is 52.0 Å². The Morgan fingerprint density at radius 1 is 1.23 bits per heavy atom. The summed E-state index contributed by atoms with van der Waals surface area (Å²) in [6.45, 7) is 4.70. The molecule has 0 bridgehead atoms. The summed E-state index contributed by atoms with van der Waals surface area (Å²) in [5.74, 6) is 0.989. The van der Waals surface area contributed by atoms with Gasteiger partial charge in [-0.2, -0.15) is 5.10 Å². The zero-order valence-corrected chi connectivity index (χ0v) is 18.3. The first-order chi connectivity index (χ1) is 14.5. The van der Waals surface area contributed by atoms with Crippen molar-refractivity contribution < 1.29 is 9.53 Å². The molecule has 3 heterocycles. The summed E-state index contributed by atoms with van der Waals surface area (Å²) in [5.41, 5.74) is 4.46. The number of hydrogen-bond acceptors (Lipinski definition) is 4. The van der Waals surface area contributed by atoms with Crippen molar-refractivity contribution in [2.75, 3.05) is 13.7 Å². The van der Waals surface area contributed by atoms with Gasteiger partial charge in [0.2, 0.25) is 0 Å². The van der Waals surface area contributed by atoms with E-state index in [1.54, 1.807) is 11.8 Å². The van der Waals surface area contributed by atoms with E-state index >= 15 is 0 Å². The number of hydrogen-bond donors (Lipinski definition) is 0. The van der Waals surface area contributed by atoms with E-state index in [0.29, 0.717) is 0 Å². The number of nitrogens with zero attached hydrogens (tertiary/aromatic N) is 4. The summed E-state index contributed by atoms with van der Waals surface area (Å²) in [6, 6.07) is 10.4. The first kappa shape index (κ1) is 20.4. The van der Waals surface area contributed by atoms with Gasteiger partial charge in [-0.15, -0.1) is 0 Å². The molecule has 0 spiro atoms. The minimum absolute atomic E-state index is 0.108. The van der Waals surface area contributed by atoms with Crippen molar-refractivity contribution in [2.24, 2.45) is 7.05 Å². The maximum absolute atomic E-state index is 13.7. The van der Waals surface area contributed by atoms with Crippen molar-refractivity contribution in [1.82, 2.24) is 19.7 Å². The quantitative estimate of drug-likeness (QED) is 0.636. The van der Waals surface area contributed by atoms with Crippen LogP contribution >= 0.6 is 0 Å². The van der Waals surface area contributed by atoms with E-state index in [1.165, 1.54) is 12.0 Å². The van der Waals surface area contributed by atoms with Crippen LogP contribution in [0.4, 0.5) is 0 Å². The standard InChI is InChI=1S/C24H30N4O2/c1-16-14-21(22-17(2)26-27(3)23(22)25-16)24(29)28-13-6-5-9-19(28)12-11-18-8-7-10-20(15-18)30-4/h7-8,10,14-15,19H,5-6,9,11-13H2,1-4H3/t19-/m1/s1. The van der Waals surface area contributed by atoms with E-state index < -0.39 is 0 Å². The van der Waals surface area contributed by atoms with E-state index in [9.17, 15) is 4.79 Å². The highest BCUT2D eigenvalue weighted by Gasteiger charge is 2.29. The van der Waals surface area contributed by atoms with Crippen LogP contribution in [0.3, 0.4) is 0 Å². The molecule has 0 aliphatic carbocycles. The van der Waals surface area contributed by atoms with Gasteiger partial charge in [0.05, 0.1) is 23.8 Å². The molecule has 0 radical (unpaired) electrons. The van der Waals surface area contributed by atoms with Crippen LogP contribution in [0.5, 0.6) is 5.75 Å². The number of pyridine rings is 1. The number of rotatable bonds is 5. The SMILES string of the molecule is COc1cccc(CC[C@H]2CCCCN2C(=O)c2cc(C)nc3c2c(C)nn3C)c1. The number of carbonyl (C=O) groups is 1. The Balaban J connectivity index is 1.60. The molecular formula is C24H30N4O2. The number of likely N-dealkylation sites (tertiary alicyclic amines) is 1. The Labute approximate surface area is 177 Å². The summed E-state index contributed by atoms with van der Waals surface area (Å²) >= 11 is 0. The number of aryl methyl sites for hydroxylation is 4. The molecule has 158 valence electrons. The first-order valence-corrected chi connectivity index (χ1v) is 10.7. The third-order valence-corrected chi connectivity index (χ3v) is 6.12. The molecule has 4 rings (SSSR count). The normalized spacial score (nSPS) is 16.8. The maximum Gasteiger partial charge on any atom is 0.254 e.